The van der Waals surface area contributed by atoms with Gasteiger partial charge < -0.3 is 16.0 Å². The number of hydrogen-bond acceptors (Lipinski definition) is 2. The summed E-state index contributed by atoms with van der Waals surface area (Å²) >= 11 is 0. The van der Waals surface area contributed by atoms with Crippen LogP contribution in [0.3, 0.4) is 0 Å². The molecule has 0 saturated heterocycles. The van der Waals surface area contributed by atoms with E-state index in [0.29, 0.717) is 11.3 Å². The minimum Gasteiger partial charge on any atom is -0.327 e. The number of hydrogen-bond donors (Lipinski definition) is 3. The number of urea groups is 1. The van der Waals surface area contributed by atoms with E-state index in [4.69, 9.17) is 0 Å². The van der Waals surface area contributed by atoms with Crippen molar-refractivity contribution in [1.82, 2.24) is 10.6 Å². The second-order valence-corrected chi connectivity index (χ2v) is 7.41. The molecule has 3 aromatic rings. The Labute approximate surface area is 169 Å². The molecule has 0 saturated carbocycles. The Bertz CT molecular complexity index is 1160. The van der Waals surface area contributed by atoms with E-state index in [1.165, 1.54) is 0 Å². The lowest BCUT2D eigenvalue weighted by molar-refractivity contribution is -0.113. The Morgan fingerprint density at radius 2 is 1.72 bits per heavy atom. The molecule has 1 heterocycles. The van der Waals surface area contributed by atoms with Gasteiger partial charge in [0.15, 0.2) is 0 Å². The van der Waals surface area contributed by atoms with E-state index in [2.05, 4.69) is 16.0 Å². The Balaban J connectivity index is 1.78. The molecule has 29 heavy (non-hydrogen) atoms. The summed E-state index contributed by atoms with van der Waals surface area (Å²) < 4.78 is 0. The van der Waals surface area contributed by atoms with Crippen molar-refractivity contribution in [1.29, 1.82) is 0 Å². The molecule has 3 aromatic carbocycles. The van der Waals surface area contributed by atoms with Crippen LogP contribution in [0.25, 0.3) is 10.8 Å². The number of aryl methyl sites for hydroxylation is 2. The number of carbonyl (C=O) groups is 2. The maximum Gasteiger partial charge on any atom is 0.319 e. The molecule has 3 N–H and O–H groups in total. The van der Waals surface area contributed by atoms with Crippen molar-refractivity contribution >= 4 is 28.4 Å². The third-order valence-electron chi connectivity index (χ3n) is 5.29. The lowest BCUT2D eigenvalue weighted by atomic mass is 9.91. The summed E-state index contributed by atoms with van der Waals surface area (Å²) in [5.41, 5.74) is 4.76. The topological polar surface area (TPSA) is 70.2 Å². The second-order valence-electron chi connectivity index (χ2n) is 7.41. The van der Waals surface area contributed by atoms with Crippen LogP contribution in [-0.4, -0.2) is 11.9 Å². The largest absolute Gasteiger partial charge is 0.327 e. The normalized spacial score (nSPS) is 16.4. The summed E-state index contributed by atoms with van der Waals surface area (Å²) in [7, 11) is 0. The summed E-state index contributed by atoms with van der Waals surface area (Å²) in [6.45, 7) is 5.70. The van der Waals surface area contributed by atoms with Crippen molar-refractivity contribution in [3.8, 4) is 0 Å². The number of allylic oxidation sites excluding steroid dienone is 1. The van der Waals surface area contributed by atoms with E-state index >= 15 is 0 Å². The van der Waals surface area contributed by atoms with Crippen LogP contribution >= 0.6 is 0 Å². The molecule has 0 radical (unpaired) electrons. The van der Waals surface area contributed by atoms with E-state index in [1.807, 2.05) is 74.5 Å². The molecule has 0 aliphatic carbocycles. The molecular formula is C24H23N3O2. The van der Waals surface area contributed by atoms with E-state index < -0.39 is 6.04 Å². The molecular weight excluding hydrogens is 362 g/mol. The van der Waals surface area contributed by atoms with E-state index in [-0.39, 0.29) is 11.9 Å². The third kappa shape index (κ3) is 3.59. The number of amides is 3. The van der Waals surface area contributed by atoms with Crippen LogP contribution in [0.5, 0.6) is 0 Å². The van der Waals surface area contributed by atoms with Gasteiger partial charge in [-0.25, -0.2) is 4.79 Å². The van der Waals surface area contributed by atoms with Gasteiger partial charge in [-0.05, 0) is 54.3 Å². The summed E-state index contributed by atoms with van der Waals surface area (Å²) in [4.78, 5) is 25.5. The van der Waals surface area contributed by atoms with Gasteiger partial charge in [-0.3, -0.25) is 4.79 Å². The summed E-state index contributed by atoms with van der Waals surface area (Å²) in [6, 6.07) is 19.0. The number of anilines is 1. The van der Waals surface area contributed by atoms with Gasteiger partial charge in [-0.2, -0.15) is 0 Å². The standard InChI is InChI=1S/C24H23N3O2/c1-14-11-12-15(2)20(13-14)26-23(28)21-16(3)25-24(29)27-22(21)19-10-6-8-17-7-4-5-9-18(17)19/h4-13,22H,1-3H3,(H,26,28)(H2,25,27,29). The Morgan fingerprint density at radius 3 is 2.55 bits per heavy atom. The molecule has 146 valence electrons. The lowest BCUT2D eigenvalue weighted by Crippen LogP contribution is -2.46. The molecule has 0 spiro atoms. The molecule has 0 fully saturated rings. The first kappa shape index (κ1) is 18.7. The molecule has 0 bridgehead atoms. The van der Waals surface area contributed by atoms with Crippen molar-refractivity contribution < 1.29 is 9.59 Å². The van der Waals surface area contributed by atoms with Crippen molar-refractivity contribution in [2.45, 2.75) is 26.8 Å². The highest BCUT2D eigenvalue weighted by Gasteiger charge is 2.32. The van der Waals surface area contributed by atoms with Gasteiger partial charge in [-0.1, -0.05) is 54.6 Å². The zero-order valence-corrected chi connectivity index (χ0v) is 16.7. The molecule has 0 aromatic heterocycles. The highest BCUT2D eigenvalue weighted by atomic mass is 16.2. The minimum absolute atomic E-state index is 0.235. The maximum atomic E-state index is 13.3. The number of rotatable bonds is 3. The predicted molar refractivity (Wildman–Crippen MR) is 116 cm³/mol. The Kier molecular flexibility index (Phi) is 4.80. The molecule has 1 aliphatic rings. The summed E-state index contributed by atoms with van der Waals surface area (Å²) in [5.74, 6) is -0.235. The quantitative estimate of drug-likeness (QED) is 0.610. The molecule has 5 heteroatoms. The maximum absolute atomic E-state index is 13.3. The molecule has 1 atom stereocenters. The van der Waals surface area contributed by atoms with Gasteiger partial charge in [0.2, 0.25) is 0 Å². The number of carbonyl (C=O) groups excluding carboxylic acids is 2. The van der Waals surface area contributed by atoms with Crippen LogP contribution in [0.1, 0.15) is 29.7 Å². The Hall–Kier alpha value is -3.60. The fourth-order valence-corrected chi connectivity index (χ4v) is 3.79. The second kappa shape index (κ2) is 7.43. The van der Waals surface area contributed by atoms with Crippen LogP contribution in [0.4, 0.5) is 10.5 Å². The van der Waals surface area contributed by atoms with Gasteiger partial charge in [0.25, 0.3) is 5.91 Å². The molecule has 5 nitrogen and oxygen atoms in total. The highest BCUT2D eigenvalue weighted by molar-refractivity contribution is 6.07. The average Bonchev–Trinajstić information content (AvgIpc) is 2.69. The number of fused-ring (bicyclic) bond motifs is 1. The van der Waals surface area contributed by atoms with Crippen LogP contribution in [0, 0.1) is 13.8 Å². The van der Waals surface area contributed by atoms with E-state index in [0.717, 1.165) is 33.2 Å². The van der Waals surface area contributed by atoms with Crippen LogP contribution < -0.4 is 16.0 Å². The minimum atomic E-state index is -0.542. The van der Waals surface area contributed by atoms with Crippen molar-refractivity contribution in [3.05, 3.63) is 88.6 Å². The zero-order valence-electron chi connectivity index (χ0n) is 16.7. The van der Waals surface area contributed by atoms with Crippen LogP contribution in [0.2, 0.25) is 0 Å². The van der Waals surface area contributed by atoms with Crippen LogP contribution in [-0.2, 0) is 4.79 Å². The lowest BCUT2D eigenvalue weighted by Gasteiger charge is -2.29. The monoisotopic (exact) mass is 385 g/mol. The fourth-order valence-electron chi connectivity index (χ4n) is 3.79. The first-order valence-electron chi connectivity index (χ1n) is 9.58. The first-order chi connectivity index (χ1) is 13.9. The number of benzene rings is 3. The summed E-state index contributed by atoms with van der Waals surface area (Å²) in [5, 5.41) is 10.8. The number of nitrogens with one attached hydrogen (secondary N) is 3. The fraction of sp³-hybridized carbons (Fsp3) is 0.167. The SMILES string of the molecule is CC1=C(C(=O)Nc2cc(C)ccc2C)C(c2cccc3ccccc23)NC(=O)N1. The van der Waals surface area contributed by atoms with E-state index in [9.17, 15) is 9.59 Å². The van der Waals surface area contributed by atoms with Crippen molar-refractivity contribution in [3.63, 3.8) is 0 Å². The van der Waals surface area contributed by atoms with Crippen molar-refractivity contribution in [2.75, 3.05) is 5.32 Å². The third-order valence-corrected chi connectivity index (χ3v) is 5.29. The van der Waals surface area contributed by atoms with Gasteiger partial charge in [0.05, 0.1) is 11.6 Å². The van der Waals surface area contributed by atoms with Gasteiger partial charge in [0, 0.05) is 11.4 Å². The van der Waals surface area contributed by atoms with Gasteiger partial charge in [0.1, 0.15) is 0 Å². The smallest absolute Gasteiger partial charge is 0.319 e. The molecule has 1 aliphatic heterocycles. The first-order valence-corrected chi connectivity index (χ1v) is 9.58. The van der Waals surface area contributed by atoms with E-state index in [1.54, 1.807) is 6.92 Å². The van der Waals surface area contributed by atoms with Gasteiger partial charge in [-0.15, -0.1) is 0 Å². The molecule has 4 rings (SSSR count). The van der Waals surface area contributed by atoms with Crippen LogP contribution in [0.15, 0.2) is 71.9 Å². The average molecular weight is 385 g/mol. The van der Waals surface area contributed by atoms with Crippen molar-refractivity contribution in [2.24, 2.45) is 0 Å². The molecule has 1 unspecified atom stereocenters. The predicted octanol–water partition coefficient (Wildman–Crippen LogP) is 4.72. The Morgan fingerprint density at radius 1 is 0.966 bits per heavy atom. The zero-order chi connectivity index (χ0) is 20.5. The highest BCUT2D eigenvalue weighted by Crippen LogP contribution is 2.32. The molecule has 3 amide bonds. The summed E-state index contributed by atoms with van der Waals surface area (Å²) in [6.07, 6.45) is 0. The van der Waals surface area contributed by atoms with Gasteiger partial charge >= 0.3 is 6.03 Å².